The molecule has 5 heteroatoms. The number of carbonyl (C=O) groups is 1. The van der Waals surface area contributed by atoms with E-state index in [1.807, 2.05) is 0 Å². The van der Waals surface area contributed by atoms with Crippen LogP contribution in [0.25, 0.3) is 5.65 Å². The molecule has 0 aliphatic heterocycles. The van der Waals surface area contributed by atoms with Crippen molar-refractivity contribution < 1.29 is 4.79 Å². The summed E-state index contributed by atoms with van der Waals surface area (Å²) in [4.78, 5) is 10.5. The molecule has 0 saturated carbocycles. The third-order valence-corrected chi connectivity index (χ3v) is 1.74. The number of fused-ring (bicyclic) bond motifs is 1. The highest BCUT2D eigenvalue weighted by atomic mass is 35.5. The highest BCUT2D eigenvalue weighted by Gasteiger charge is 2.02. The van der Waals surface area contributed by atoms with E-state index < -0.39 is 0 Å². The van der Waals surface area contributed by atoms with Crippen molar-refractivity contribution in [3.8, 4) is 0 Å². The first-order valence-corrected chi connectivity index (χ1v) is 3.63. The Labute approximate surface area is 72.8 Å². The summed E-state index contributed by atoms with van der Waals surface area (Å²) in [7, 11) is 0. The molecule has 0 bridgehead atoms. The van der Waals surface area contributed by atoms with E-state index in [9.17, 15) is 4.79 Å². The zero-order valence-electron chi connectivity index (χ0n) is 5.94. The predicted octanol–water partition coefficient (Wildman–Crippen LogP) is 1.20. The number of hydrogen-bond acceptors (Lipinski definition) is 3. The van der Waals surface area contributed by atoms with E-state index in [0.717, 1.165) is 0 Å². The smallest absolute Gasteiger partial charge is 0.166 e. The molecule has 0 spiro atoms. The highest BCUT2D eigenvalue weighted by Crippen LogP contribution is 2.12. The van der Waals surface area contributed by atoms with Crippen LogP contribution in [0, 0.1) is 0 Å². The summed E-state index contributed by atoms with van der Waals surface area (Å²) >= 11 is 5.72. The van der Waals surface area contributed by atoms with Crippen molar-refractivity contribution in [2.45, 2.75) is 0 Å². The van der Waals surface area contributed by atoms with Crippen molar-refractivity contribution in [1.29, 1.82) is 0 Å². The number of aldehydes is 1. The zero-order valence-corrected chi connectivity index (χ0v) is 6.69. The molecule has 2 rings (SSSR count). The third kappa shape index (κ3) is 0.967. The zero-order chi connectivity index (χ0) is 8.55. The van der Waals surface area contributed by atoms with Crippen LogP contribution in [-0.4, -0.2) is 20.9 Å². The largest absolute Gasteiger partial charge is 0.296 e. The van der Waals surface area contributed by atoms with E-state index in [1.165, 1.54) is 6.33 Å². The van der Waals surface area contributed by atoms with Crippen LogP contribution in [0.3, 0.4) is 0 Å². The van der Waals surface area contributed by atoms with E-state index in [2.05, 4.69) is 10.2 Å². The average molecular weight is 182 g/mol. The molecule has 0 atom stereocenters. The number of nitrogens with zero attached hydrogens (tertiary/aromatic N) is 3. The first-order chi connectivity index (χ1) is 5.81. The molecule has 4 nitrogen and oxygen atoms in total. The minimum absolute atomic E-state index is 0.447. The topological polar surface area (TPSA) is 47.3 Å². The van der Waals surface area contributed by atoms with Crippen LogP contribution < -0.4 is 0 Å². The van der Waals surface area contributed by atoms with Crippen molar-refractivity contribution >= 4 is 23.5 Å². The van der Waals surface area contributed by atoms with Gasteiger partial charge in [-0.3, -0.25) is 9.20 Å². The van der Waals surface area contributed by atoms with E-state index in [0.29, 0.717) is 22.6 Å². The third-order valence-electron chi connectivity index (χ3n) is 1.53. The number of aromatic nitrogens is 3. The Hall–Kier alpha value is -1.42. The molecule has 0 aliphatic rings. The molecule has 0 aromatic carbocycles. The summed E-state index contributed by atoms with van der Waals surface area (Å²) < 4.78 is 1.57. The summed E-state index contributed by atoms with van der Waals surface area (Å²) in [6.07, 6.45) is 2.18. The van der Waals surface area contributed by atoms with E-state index in [-0.39, 0.29) is 0 Å². The lowest BCUT2D eigenvalue weighted by Gasteiger charge is -1.96. The molecule has 0 aliphatic carbocycles. The second-order valence-corrected chi connectivity index (χ2v) is 2.71. The molecule has 0 saturated heterocycles. The first kappa shape index (κ1) is 7.24. The number of hydrogen-bond donors (Lipinski definition) is 0. The number of rotatable bonds is 1. The van der Waals surface area contributed by atoms with Crippen LogP contribution in [-0.2, 0) is 0 Å². The van der Waals surface area contributed by atoms with Crippen molar-refractivity contribution in [2.75, 3.05) is 0 Å². The lowest BCUT2D eigenvalue weighted by atomic mass is 10.3. The molecule has 2 aromatic heterocycles. The van der Waals surface area contributed by atoms with Gasteiger partial charge >= 0.3 is 0 Å². The van der Waals surface area contributed by atoms with Gasteiger partial charge in [0.2, 0.25) is 0 Å². The minimum Gasteiger partial charge on any atom is -0.296 e. The lowest BCUT2D eigenvalue weighted by Crippen LogP contribution is -1.93. The van der Waals surface area contributed by atoms with Gasteiger partial charge in [0.15, 0.2) is 11.9 Å². The van der Waals surface area contributed by atoms with Crippen molar-refractivity contribution in [3.63, 3.8) is 0 Å². The number of carbonyl (C=O) groups excluding carboxylic acids is 1. The molecule has 12 heavy (non-hydrogen) atoms. The standard InChI is InChI=1S/C7H4ClN3O/c8-5-1-6(3-12)11-4-9-10-7(11)2-5/h1-4H. The molecule has 0 N–H and O–H groups in total. The summed E-state index contributed by atoms with van der Waals surface area (Å²) in [5.74, 6) is 0. The Kier molecular flexibility index (Phi) is 1.55. The lowest BCUT2D eigenvalue weighted by molar-refractivity contribution is 0.111. The monoisotopic (exact) mass is 181 g/mol. The normalized spacial score (nSPS) is 10.4. The Balaban J connectivity index is 2.88. The highest BCUT2D eigenvalue weighted by molar-refractivity contribution is 6.31. The molecule has 0 radical (unpaired) electrons. The van der Waals surface area contributed by atoms with Gasteiger partial charge in [-0.15, -0.1) is 10.2 Å². The fourth-order valence-electron chi connectivity index (χ4n) is 1.01. The Morgan fingerprint density at radius 2 is 2.33 bits per heavy atom. The van der Waals surface area contributed by atoms with Gasteiger partial charge in [0.1, 0.15) is 6.33 Å². The van der Waals surface area contributed by atoms with E-state index in [1.54, 1.807) is 16.5 Å². The Morgan fingerprint density at radius 1 is 1.50 bits per heavy atom. The van der Waals surface area contributed by atoms with Crippen LogP contribution in [0.5, 0.6) is 0 Å². The maximum absolute atomic E-state index is 10.5. The molecule has 2 aromatic rings. The summed E-state index contributed by atoms with van der Waals surface area (Å²) in [5.41, 5.74) is 1.02. The summed E-state index contributed by atoms with van der Waals surface area (Å²) in [5, 5.41) is 7.89. The molecule has 2 heterocycles. The molecule has 0 amide bonds. The SMILES string of the molecule is O=Cc1cc(Cl)cc2nncn12. The van der Waals surface area contributed by atoms with Gasteiger partial charge in [-0.05, 0) is 6.07 Å². The van der Waals surface area contributed by atoms with E-state index in [4.69, 9.17) is 11.6 Å². The second kappa shape index (κ2) is 2.57. The maximum Gasteiger partial charge on any atom is 0.166 e. The molecule has 0 unspecified atom stereocenters. The van der Waals surface area contributed by atoms with Crippen LogP contribution in [0.15, 0.2) is 18.5 Å². The van der Waals surface area contributed by atoms with Crippen molar-refractivity contribution in [1.82, 2.24) is 14.6 Å². The minimum atomic E-state index is 0.447. The fourth-order valence-corrected chi connectivity index (χ4v) is 1.22. The second-order valence-electron chi connectivity index (χ2n) is 2.28. The van der Waals surface area contributed by atoms with Gasteiger partial charge in [-0.25, -0.2) is 0 Å². The van der Waals surface area contributed by atoms with E-state index >= 15 is 0 Å². The first-order valence-electron chi connectivity index (χ1n) is 3.26. The van der Waals surface area contributed by atoms with Gasteiger partial charge in [-0.1, -0.05) is 11.6 Å². The predicted molar refractivity (Wildman–Crippen MR) is 43.4 cm³/mol. The fraction of sp³-hybridized carbons (Fsp3) is 0. The van der Waals surface area contributed by atoms with Crippen LogP contribution >= 0.6 is 11.6 Å². The quantitative estimate of drug-likeness (QED) is 0.621. The van der Waals surface area contributed by atoms with Gasteiger partial charge < -0.3 is 0 Å². The van der Waals surface area contributed by atoms with Crippen molar-refractivity contribution in [2.24, 2.45) is 0 Å². The number of pyridine rings is 1. The summed E-state index contributed by atoms with van der Waals surface area (Å²) in [6, 6.07) is 3.20. The van der Waals surface area contributed by atoms with Crippen LogP contribution in [0.4, 0.5) is 0 Å². The molecular formula is C7H4ClN3O. The molecule has 60 valence electrons. The number of halogens is 1. The van der Waals surface area contributed by atoms with Crippen LogP contribution in [0.1, 0.15) is 10.5 Å². The van der Waals surface area contributed by atoms with Gasteiger partial charge in [0, 0.05) is 11.1 Å². The van der Waals surface area contributed by atoms with Crippen LogP contribution in [0.2, 0.25) is 5.02 Å². The summed E-state index contributed by atoms with van der Waals surface area (Å²) in [6.45, 7) is 0. The average Bonchev–Trinajstić information content (AvgIpc) is 2.50. The Morgan fingerprint density at radius 3 is 3.08 bits per heavy atom. The van der Waals surface area contributed by atoms with Crippen molar-refractivity contribution in [3.05, 3.63) is 29.2 Å². The molecule has 0 fully saturated rings. The Bertz CT molecular complexity index is 437. The van der Waals surface area contributed by atoms with Gasteiger partial charge in [0.05, 0.1) is 5.69 Å². The maximum atomic E-state index is 10.5. The van der Waals surface area contributed by atoms with Gasteiger partial charge in [-0.2, -0.15) is 0 Å². The van der Waals surface area contributed by atoms with Gasteiger partial charge in [0.25, 0.3) is 0 Å². The molecular weight excluding hydrogens is 178 g/mol.